The first-order valence-electron chi connectivity index (χ1n) is 7.21. The average molecular weight is 330 g/mol. The molecule has 5 heteroatoms. The summed E-state index contributed by atoms with van der Waals surface area (Å²) in [5.41, 5.74) is 1.07. The van der Waals surface area contributed by atoms with Gasteiger partial charge in [0.1, 0.15) is 0 Å². The van der Waals surface area contributed by atoms with Crippen molar-refractivity contribution in [2.24, 2.45) is 0 Å². The summed E-state index contributed by atoms with van der Waals surface area (Å²) in [4.78, 5) is 0. The summed E-state index contributed by atoms with van der Waals surface area (Å²) < 4.78 is 9.18. The molecule has 2 rings (SSSR count). The minimum absolute atomic E-state index is 0.134. The molecule has 0 spiro atoms. The van der Waals surface area contributed by atoms with Gasteiger partial charge in [-0.3, -0.25) is 4.68 Å². The van der Waals surface area contributed by atoms with E-state index < -0.39 is 0 Å². The van der Waals surface area contributed by atoms with E-state index in [0.29, 0.717) is 0 Å². The Balaban J connectivity index is 2.33. The fraction of sp³-hybridized carbons (Fsp3) is 0.786. The lowest BCUT2D eigenvalue weighted by molar-refractivity contribution is -0.0149. The van der Waals surface area contributed by atoms with Gasteiger partial charge in [-0.15, -0.1) is 0 Å². The van der Waals surface area contributed by atoms with Crippen molar-refractivity contribution >= 4 is 15.9 Å². The molecule has 1 saturated heterocycles. The number of hydrogen-bond donors (Lipinski definition) is 1. The Kier molecular flexibility index (Phi) is 5.03. The highest BCUT2D eigenvalue weighted by Gasteiger charge is 2.41. The van der Waals surface area contributed by atoms with Gasteiger partial charge >= 0.3 is 0 Å². The summed E-state index contributed by atoms with van der Waals surface area (Å²) in [6, 6.07) is 0.187. The molecule has 2 heterocycles. The largest absolute Gasteiger partial charge is 0.373 e. The normalized spacial score (nSPS) is 24.8. The van der Waals surface area contributed by atoms with E-state index in [2.05, 4.69) is 51.8 Å². The van der Waals surface area contributed by atoms with Crippen LogP contribution >= 0.6 is 15.9 Å². The smallest absolute Gasteiger partial charge is 0.0864 e. The molecule has 108 valence electrons. The van der Waals surface area contributed by atoms with Crippen molar-refractivity contribution in [2.45, 2.75) is 58.2 Å². The molecule has 0 bridgehead atoms. The number of hydrogen-bond acceptors (Lipinski definition) is 3. The van der Waals surface area contributed by atoms with Crippen LogP contribution < -0.4 is 5.32 Å². The van der Waals surface area contributed by atoms with E-state index in [-0.39, 0.29) is 11.6 Å². The van der Waals surface area contributed by atoms with Gasteiger partial charge in [-0.2, -0.15) is 5.10 Å². The van der Waals surface area contributed by atoms with E-state index in [4.69, 9.17) is 4.74 Å². The zero-order valence-electron chi connectivity index (χ0n) is 12.1. The maximum absolute atomic E-state index is 6.05. The minimum atomic E-state index is -0.134. The second-order valence-electron chi connectivity index (χ2n) is 5.35. The van der Waals surface area contributed by atoms with Crippen LogP contribution in [0.15, 0.2) is 10.7 Å². The number of aryl methyl sites for hydroxylation is 1. The van der Waals surface area contributed by atoms with Crippen molar-refractivity contribution in [3.63, 3.8) is 0 Å². The molecular formula is C14H24BrN3O. The van der Waals surface area contributed by atoms with Gasteiger partial charge in [-0.05, 0) is 55.6 Å². The topological polar surface area (TPSA) is 39.1 Å². The predicted molar refractivity (Wildman–Crippen MR) is 80.2 cm³/mol. The predicted octanol–water partition coefficient (Wildman–Crippen LogP) is 3.28. The highest BCUT2D eigenvalue weighted by Crippen LogP contribution is 2.39. The number of nitrogens with zero attached hydrogens (tertiary/aromatic N) is 2. The van der Waals surface area contributed by atoms with Crippen molar-refractivity contribution in [1.82, 2.24) is 15.1 Å². The quantitative estimate of drug-likeness (QED) is 0.870. The summed E-state index contributed by atoms with van der Waals surface area (Å²) in [5.74, 6) is 0. The summed E-state index contributed by atoms with van der Waals surface area (Å²) in [6.45, 7) is 9.25. The zero-order chi connectivity index (χ0) is 13.9. The third-order valence-corrected chi connectivity index (χ3v) is 4.48. The molecule has 4 nitrogen and oxygen atoms in total. The molecule has 1 aliphatic heterocycles. The lowest BCUT2D eigenvalue weighted by Gasteiger charge is -2.34. The highest BCUT2D eigenvalue weighted by molar-refractivity contribution is 9.10. The number of ether oxygens (including phenoxy) is 1. The monoisotopic (exact) mass is 329 g/mol. The Hall–Kier alpha value is -0.390. The SMILES string of the molecule is CCCNC(c1c(Br)cnn1CC)C1(C)CCCO1. The molecule has 1 aromatic heterocycles. The molecule has 2 atom stereocenters. The fourth-order valence-corrected chi connectivity index (χ4v) is 3.35. The van der Waals surface area contributed by atoms with Gasteiger partial charge in [0.05, 0.1) is 28.0 Å². The number of aromatic nitrogens is 2. The van der Waals surface area contributed by atoms with Crippen LogP contribution in [0.4, 0.5) is 0 Å². The van der Waals surface area contributed by atoms with Crippen molar-refractivity contribution in [1.29, 1.82) is 0 Å². The van der Waals surface area contributed by atoms with E-state index in [0.717, 1.165) is 43.4 Å². The molecular weight excluding hydrogens is 306 g/mol. The molecule has 0 radical (unpaired) electrons. The van der Waals surface area contributed by atoms with Gasteiger partial charge in [-0.25, -0.2) is 0 Å². The molecule has 1 N–H and O–H groups in total. The Morgan fingerprint density at radius 2 is 2.37 bits per heavy atom. The van der Waals surface area contributed by atoms with Gasteiger partial charge in [0.25, 0.3) is 0 Å². The second-order valence-corrected chi connectivity index (χ2v) is 6.20. The van der Waals surface area contributed by atoms with Crippen molar-refractivity contribution < 1.29 is 4.74 Å². The van der Waals surface area contributed by atoms with Crippen LogP contribution in [0.3, 0.4) is 0 Å². The van der Waals surface area contributed by atoms with Crippen LogP contribution in [0.25, 0.3) is 0 Å². The van der Waals surface area contributed by atoms with E-state index in [1.807, 2.05) is 6.20 Å². The van der Waals surface area contributed by atoms with Crippen molar-refractivity contribution in [3.05, 3.63) is 16.4 Å². The van der Waals surface area contributed by atoms with Crippen LogP contribution in [0.5, 0.6) is 0 Å². The molecule has 0 saturated carbocycles. The van der Waals surface area contributed by atoms with Crippen LogP contribution in [0.2, 0.25) is 0 Å². The first-order valence-corrected chi connectivity index (χ1v) is 8.00. The maximum atomic E-state index is 6.05. The molecule has 1 aromatic rings. The Morgan fingerprint density at radius 1 is 1.58 bits per heavy atom. The first-order chi connectivity index (χ1) is 9.12. The van der Waals surface area contributed by atoms with Crippen molar-refractivity contribution in [2.75, 3.05) is 13.2 Å². The Morgan fingerprint density at radius 3 is 2.95 bits per heavy atom. The zero-order valence-corrected chi connectivity index (χ0v) is 13.7. The summed E-state index contributed by atoms with van der Waals surface area (Å²) in [7, 11) is 0. The van der Waals surface area contributed by atoms with E-state index in [9.17, 15) is 0 Å². The molecule has 1 aliphatic rings. The first kappa shape index (κ1) is 15.0. The third-order valence-electron chi connectivity index (χ3n) is 3.86. The third kappa shape index (κ3) is 3.03. The van der Waals surface area contributed by atoms with Crippen LogP contribution in [-0.2, 0) is 11.3 Å². The number of halogens is 1. The van der Waals surface area contributed by atoms with Crippen molar-refractivity contribution in [3.8, 4) is 0 Å². The Bertz CT molecular complexity index is 413. The van der Waals surface area contributed by atoms with Gasteiger partial charge in [0.2, 0.25) is 0 Å². The summed E-state index contributed by atoms with van der Waals surface area (Å²) >= 11 is 3.64. The van der Waals surface area contributed by atoms with Gasteiger partial charge in [0.15, 0.2) is 0 Å². The number of nitrogens with one attached hydrogen (secondary N) is 1. The lowest BCUT2D eigenvalue weighted by Crippen LogP contribution is -2.43. The van der Waals surface area contributed by atoms with E-state index >= 15 is 0 Å². The number of rotatable bonds is 6. The van der Waals surface area contributed by atoms with Gasteiger partial charge < -0.3 is 10.1 Å². The minimum Gasteiger partial charge on any atom is -0.373 e. The molecule has 0 amide bonds. The molecule has 2 unspecified atom stereocenters. The molecule has 19 heavy (non-hydrogen) atoms. The maximum Gasteiger partial charge on any atom is 0.0864 e. The highest BCUT2D eigenvalue weighted by atomic mass is 79.9. The standard InChI is InChI=1S/C14H24BrN3O/c1-4-8-16-13(14(3)7-6-9-19-14)12-11(15)10-17-18(12)5-2/h10,13,16H,4-9H2,1-3H3. The van der Waals surface area contributed by atoms with E-state index in [1.54, 1.807) is 0 Å². The van der Waals surface area contributed by atoms with E-state index in [1.165, 1.54) is 5.69 Å². The average Bonchev–Trinajstić information content (AvgIpc) is 2.98. The Labute approximate surface area is 124 Å². The summed E-state index contributed by atoms with van der Waals surface area (Å²) in [5, 5.41) is 8.09. The molecule has 0 aliphatic carbocycles. The van der Waals surface area contributed by atoms with Crippen LogP contribution in [0.1, 0.15) is 51.8 Å². The van der Waals surface area contributed by atoms with Gasteiger partial charge in [-0.1, -0.05) is 6.92 Å². The molecule has 0 aromatic carbocycles. The van der Waals surface area contributed by atoms with Crippen LogP contribution in [0, 0.1) is 0 Å². The summed E-state index contributed by atoms with van der Waals surface area (Å²) in [6.07, 6.45) is 5.23. The fourth-order valence-electron chi connectivity index (χ4n) is 2.83. The lowest BCUT2D eigenvalue weighted by atomic mass is 9.90. The van der Waals surface area contributed by atoms with Crippen LogP contribution in [-0.4, -0.2) is 28.5 Å². The second kappa shape index (κ2) is 6.37. The molecule has 1 fully saturated rings. The van der Waals surface area contributed by atoms with Gasteiger partial charge in [0, 0.05) is 13.2 Å².